The predicted octanol–water partition coefficient (Wildman–Crippen LogP) is 2.73. The van der Waals surface area contributed by atoms with Crippen LogP contribution in [0.2, 0.25) is 0 Å². The highest BCUT2D eigenvalue weighted by Gasteiger charge is 2.13. The number of phenols is 2. The van der Waals surface area contributed by atoms with Gasteiger partial charge in [0.05, 0.1) is 11.4 Å². The van der Waals surface area contributed by atoms with Gasteiger partial charge < -0.3 is 10.2 Å². The summed E-state index contributed by atoms with van der Waals surface area (Å²) in [6, 6.07) is 10.3. The number of nitrogens with zero attached hydrogens (tertiary/aromatic N) is 1. The highest BCUT2D eigenvalue weighted by Crippen LogP contribution is 2.35. The number of nitrogens with two attached hydrogens (primary N) is 1. The zero-order valence-electron chi connectivity index (χ0n) is 10.4. The lowest BCUT2D eigenvalue weighted by atomic mass is 10.1. The van der Waals surface area contributed by atoms with Crippen LogP contribution in [0.3, 0.4) is 0 Å². The highest BCUT2D eigenvalue weighted by atomic mass is 16.3. The molecule has 0 saturated carbocycles. The van der Waals surface area contributed by atoms with Gasteiger partial charge in [0, 0.05) is 0 Å². The lowest BCUT2D eigenvalue weighted by Gasteiger charge is -2.21. The van der Waals surface area contributed by atoms with Crippen molar-refractivity contribution in [2.75, 3.05) is 5.01 Å². The van der Waals surface area contributed by atoms with Crippen molar-refractivity contribution >= 4 is 11.4 Å². The minimum absolute atomic E-state index is 0.0723. The van der Waals surface area contributed by atoms with E-state index < -0.39 is 0 Å². The second-order valence-corrected chi connectivity index (χ2v) is 4.35. The van der Waals surface area contributed by atoms with Crippen molar-refractivity contribution in [3.8, 4) is 11.5 Å². The van der Waals surface area contributed by atoms with Crippen molar-refractivity contribution in [2.45, 2.75) is 13.8 Å². The molecular weight excluding hydrogens is 228 g/mol. The molecule has 2 aromatic rings. The van der Waals surface area contributed by atoms with Gasteiger partial charge in [-0.3, -0.25) is 5.01 Å². The van der Waals surface area contributed by atoms with Gasteiger partial charge in [-0.1, -0.05) is 12.1 Å². The summed E-state index contributed by atoms with van der Waals surface area (Å²) < 4.78 is 0. The lowest BCUT2D eigenvalue weighted by Crippen LogP contribution is -2.25. The Balaban J connectivity index is 2.47. The van der Waals surface area contributed by atoms with Crippen molar-refractivity contribution in [2.24, 2.45) is 5.84 Å². The fourth-order valence-corrected chi connectivity index (χ4v) is 1.79. The summed E-state index contributed by atoms with van der Waals surface area (Å²) in [6.07, 6.45) is 0. The van der Waals surface area contributed by atoms with Gasteiger partial charge in [0.1, 0.15) is 11.5 Å². The molecule has 0 saturated heterocycles. The summed E-state index contributed by atoms with van der Waals surface area (Å²) in [5.41, 5.74) is 2.82. The number of hydrogen-bond donors (Lipinski definition) is 3. The fourth-order valence-electron chi connectivity index (χ4n) is 1.79. The second-order valence-electron chi connectivity index (χ2n) is 4.35. The Morgan fingerprint density at radius 2 is 1.44 bits per heavy atom. The van der Waals surface area contributed by atoms with Gasteiger partial charge in [-0.05, 0) is 49.2 Å². The van der Waals surface area contributed by atoms with E-state index in [-0.39, 0.29) is 11.5 Å². The standard InChI is InChI=1S/C14H16N2O2/c1-9-4-6-13(17)12(7-9)16(15)11-5-3-10(2)8-14(11)18/h3-8,17-18H,15H2,1-2H3. The van der Waals surface area contributed by atoms with E-state index in [0.29, 0.717) is 11.4 Å². The van der Waals surface area contributed by atoms with Gasteiger partial charge in [-0.15, -0.1) is 0 Å². The van der Waals surface area contributed by atoms with E-state index in [4.69, 9.17) is 5.84 Å². The normalized spacial score (nSPS) is 10.4. The summed E-state index contributed by atoms with van der Waals surface area (Å²) in [6.45, 7) is 3.79. The first-order chi connectivity index (χ1) is 8.49. The topological polar surface area (TPSA) is 69.7 Å². The molecule has 0 radical (unpaired) electrons. The van der Waals surface area contributed by atoms with Crippen LogP contribution in [0.1, 0.15) is 11.1 Å². The van der Waals surface area contributed by atoms with Crippen molar-refractivity contribution in [1.82, 2.24) is 0 Å². The number of aromatic hydroxyl groups is 2. The van der Waals surface area contributed by atoms with Crippen LogP contribution >= 0.6 is 0 Å². The monoisotopic (exact) mass is 244 g/mol. The van der Waals surface area contributed by atoms with E-state index in [9.17, 15) is 10.2 Å². The molecule has 0 aliphatic rings. The molecule has 0 amide bonds. The molecule has 4 nitrogen and oxygen atoms in total. The van der Waals surface area contributed by atoms with E-state index in [0.717, 1.165) is 11.1 Å². The summed E-state index contributed by atoms with van der Waals surface area (Å²) in [5.74, 6) is 6.10. The maximum atomic E-state index is 9.88. The number of phenolic OH excluding ortho intramolecular Hbond substituents is 2. The summed E-state index contributed by atoms with van der Waals surface area (Å²) >= 11 is 0. The van der Waals surface area contributed by atoms with Gasteiger partial charge in [0.2, 0.25) is 0 Å². The van der Waals surface area contributed by atoms with Gasteiger partial charge in [-0.25, -0.2) is 5.84 Å². The molecule has 2 aromatic carbocycles. The van der Waals surface area contributed by atoms with Crippen LogP contribution in [0.4, 0.5) is 11.4 Å². The van der Waals surface area contributed by atoms with Crippen LogP contribution in [-0.2, 0) is 0 Å². The zero-order valence-corrected chi connectivity index (χ0v) is 10.4. The quantitative estimate of drug-likeness (QED) is 0.561. The van der Waals surface area contributed by atoms with E-state index in [2.05, 4.69) is 0 Å². The number of anilines is 2. The van der Waals surface area contributed by atoms with Crippen molar-refractivity contribution in [3.05, 3.63) is 47.5 Å². The van der Waals surface area contributed by atoms with E-state index in [1.165, 1.54) is 5.01 Å². The molecule has 4 N–H and O–H groups in total. The average Bonchev–Trinajstić information content (AvgIpc) is 2.31. The number of aryl methyl sites for hydroxylation is 2. The summed E-state index contributed by atoms with van der Waals surface area (Å²) in [5, 5.41) is 21.0. The Labute approximate surface area is 106 Å². The van der Waals surface area contributed by atoms with Crippen molar-refractivity contribution < 1.29 is 10.2 Å². The predicted molar refractivity (Wildman–Crippen MR) is 72.0 cm³/mol. The van der Waals surface area contributed by atoms with Crippen LogP contribution < -0.4 is 10.9 Å². The molecule has 18 heavy (non-hydrogen) atoms. The molecule has 0 heterocycles. The molecule has 0 aliphatic carbocycles. The second kappa shape index (κ2) is 4.58. The van der Waals surface area contributed by atoms with Crippen molar-refractivity contribution in [3.63, 3.8) is 0 Å². The van der Waals surface area contributed by atoms with Crippen LogP contribution in [0.25, 0.3) is 0 Å². The minimum Gasteiger partial charge on any atom is -0.506 e. The Kier molecular flexibility index (Phi) is 3.12. The molecule has 2 rings (SSSR count). The third kappa shape index (κ3) is 2.24. The average molecular weight is 244 g/mol. The fraction of sp³-hybridized carbons (Fsp3) is 0.143. The van der Waals surface area contributed by atoms with Gasteiger partial charge in [0.15, 0.2) is 0 Å². The Bertz CT molecular complexity index is 582. The number of hydrogen-bond acceptors (Lipinski definition) is 4. The number of benzene rings is 2. The Morgan fingerprint density at radius 1 is 0.833 bits per heavy atom. The minimum atomic E-state index is 0.0723. The SMILES string of the molecule is Cc1ccc(N(N)c2cc(C)ccc2O)c(O)c1. The zero-order chi connectivity index (χ0) is 13.3. The smallest absolute Gasteiger partial charge is 0.140 e. The van der Waals surface area contributed by atoms with E-state index >= 15 is 0 Å². The highest BCUT2D eigenvalue weighted by molar-refractivity contribution is 5.72. The molecule has 0 unspecified atom stereocenters. The maximum Gasteiger partial charge on any atom is 0.140 e. The largest absolute Gasteiger partial charge is 0.506 e. The van der Waals surface area contributed by atoms with Crippen LogP contribution in [0.5, 0.6) is 11.5 Å². The van der Waals surface area contributed by atoms with E-state index in [1.807, 2.05) is 19.9 Å². The molecule has 0 bridgehead atoms. The summed E-state index contributed by atoms with van der Waals surface area (Å²) in [7, 11) is 0. The Morgan fingerprint density at radius 3 is 2.11 bits per heavy atom. The van der Waals surface area contributed by atoms with Crippen molar-refractivity contribution in [1.29, 1.82) is 0 Å². The van der Waals surface area contributed by atoms with Gasteiger partial charge in [-0.2, -0.15) is 0 Å². The van der Waals surface area contributed by atoms with E-state index in [1.54, 1.807) is 30.3 Å². The van der Waals surface area contributed by atoms with Gasteiger partial charge in [0.25, 0.3) is 0 Å². The first-order valence-electron chi connectivity index (χ1n) is 5.63. The molecule has 0 aromatic heterocycles. The first-order valence-corrected chi connectivity index (χ1v) is 5.63. The third-order valence-electron chi connectivity index (χ3n) is 2.78. The molecule has 0 spiro atoms. The molecular formula is C14H16N2O2. The van der Waals surface area contributed by atoms with Crippen LogP contribution in [0.15, 0.2) is 36.4 Å². The van der Waals surface area contributed by atoms with Gasteiger partial charge >= 0.3 is 0 Å². The molecule has 4 heteroatoms. The Hall–Kier alpha value is -2.20. The molecule has 0 aliphatic heterocycles. The number of rotatable bonds is 2. The lowest BCUT2D eigenvalue weighted by molar-refractivity contribution is 0.470. The third-order valence-corrected chi connectivity index (χ3v) is 2.78. The van der Waals surface area contributed by atoms with Crippen LogP contribution in [-0.4, -0.2) is 10.2 Å². The summed E-state index contributed by atoms with van der Waals surface area (Å²) in [4.78, 5) is 0. The first kappa shape index (κ1) is 12.3. The molecule has 0 fully saturated rings. The molecule has 0 atom stereocenters. The number of hydrazine groups is 1. The molecule has 94 valence electrons. The van der Waals surface area contributed by atoms with Crippen LogP contribution in [0, 0.1) is 13.8 Å². The maximum absolute atomic E-state index is 9.88.